The number of anilines is 1. The van der Waals surface area contributed by atoms with E-state index in [0.29, 0.717) is 11.9 Å². The summed E-state index contributed by atoms with van der Waals surface area (Å²) in [5.74, 6) is 0.562. The lowest BCUT2D eigenvalue weighted by atomic mass is 10.0. The van der Waals surface area contributed by atoms with E-state index in [4.69, 9.17) is 11.6 Å². The van der Waals surface area contributed by atoms with E-state index in [-0.39, 0.29) is 5.56 Å². The Morgan fingerprint density at radius 1 is 1.33 bits per heavy atom. The Bertz CT molecular complexity index is 766. The molecular weight excluding hydrogens is 324 g/mol. The molecule has 1 aromatic heterocycles. The first kappa shape index (κ1) is 17.0. The number of nitrogens with zero attached hydrogens (tertiary/aromatic N) is 3. The van der Waals surface area contributed by atoms with Crippen LogP contribution in [0.4, 0.5) is 5.82 Å². The normalized spacial score (nSPS) is 15.7. The highest BCUT2D eigenvalue weighted by Gasteiger charge is 2.21. The van der Waals surface area contributed by atoms with E-state index in [1.165, 1.54) is 11.1 Å². The zero-order valence-electron chi connectivity index (χ0n) is 14.1. The minimum atomic E-state index is -0.0271. The summed E-state index contributed by atoms with van der Waals surface area (Å²) in [4.78, 5) is 18.5. The van der Waals surface area contributed by atoms with Crippen molar-refractivity contribution in [1.82, 2.24) is 14.9 Å². The van der Waals surface area contributed by atoms with Gasteiger partial charge in [-0.2, -0.15) is 0 Å². The first-order chi connectivity index (χ1) is 11.5. The van der Waals surface area contributed by atoms with Crippen LogP contribution in [-0.2, 0) is 13.6 Å². The van der Waals surface area contributed by atoms with Gasteiger partial charge in [-0.25, -0.2) is 4.98 Å². The number of rotatable bonds is 4. The Morgan fingerprint density at radius 2 is 2.08 bits per heavy atom. The quantitative estimate of drug-likeness (QED) is 0.924. The van der Waals surface area contributed by atoms with Crippen molar-refractivity contribution < 1.29 is 0 Å². The van der Waals surface area contributed by atoms with Crippen molar-refractivity contribution in [3.05, 3.63) is 57.1 Å². The molecule has 0 saturated carbocycles. The second-order valence-electron chi connectivity index (χ2n) is 6.38. The molecule has 6 heteroatoms. The number of hydrogen-bond acceptors (Lipinski definition) is 4. The van der Waals surface area contributed by atoms with E-state index in [1.807, 2.05) is 12.1 Å². The van der Waals surface area contributed by atoms with Crippen LogP contribution in [0.3, 0.4) is 0 Å². The van der Waals surface area contributed by atoms with Crippen LogP contribution in [0.25, 0.3) is 0 Å². The summed E-state index contributed by atoms with van der Waals surface area (Å²) in [6, 6.07) is 6.48. The molecule has 1 saturated heterocycles. The Labute approximate surface area is 147 Å². The van der Waals surface area contributed by atoms with Crippen molar-refractivity contribution in [2.45, 2.75) is 32.4 Å². The van der Waals surface area contributed by atoms with E-state index in [1.54, 1.807) is 24.0 Å². The molecule has 128 valence electrons. The second kappa shape index (κ2) is 7.36. The maximum absolute atomic E-state index is 12.2. The number of benzene rings is 1. The van der Waals surface area contributed by atoms with E-state index in [0.717, 1.165) is 37.5 Å². The molecule has 1 aliphatic rings. The summed E-state index contributed by atoms with van der Waals surface area (Å²) in [5, 5.41) is 4.40. The summed E-state index contributed by atoms with van der Waals surface area (Å²) in [7, 11) is 1.76. The van der Waals surface area contributed by atoms with Gasteiger partial charge in [-0.3, -0.25) is 4.79 Å². The van der Waals surface area contributed by atoms with Crippen LogP contribution >= 0.6 is 11.6 Å². The molecule has 0 atom stereocenters. The van der Waals surface area contributed by atoms with Gasteiger partial charge in [-0.1, -0.05) is 17.7 Å². The lowest BCUT2D eigenvalue weighted by Gasteiger charge is -2.33. The summed E-state index contributed by atoms with van der Waals surface area (Å²) in [5.41, 5.74) is 2.46. The third-order valence-electron chi connectivity index (χ3n) is 4.68. The lowest BCUT2D eigenvalue weighted by molar-refractivity contribution is 0.411. The predicted octanol–water partition coefficient (Wildman–Crippen LogP) is 2.50. The minimum Gasteiger partial charge on any atom is -0.352 e. The van der Waals surface area contributed by atoms with Gasteiger partial charge >= 0.3 is 0 Å². The second-order valence-corrected chi connectivity index (χ2v) is 6.82. The number of aromatic nitrogens is 2. The largest absolute Gasteiger partial charge is 0.352 e. The molecule has 2 heterocycles. The lowest BCUT2D eigenvalue weighted by Crippen LogP contribution is -2.44. The molecule has 0 radical (unpaired) electrons. The monoisotopic (exact) mass is 346 g/mol. The number of hydrogen-bond donors (Lipinski definition) is 1. The number of nitrogens with one attached hydrogen (secondary N) is 1. The van der Waals surface area contributed by atoms with E-state index in [2.05, 4.69) is 28.2 Å². The van der Waals surface area contributed by atoms with Gasteiger partial charge in [0.2, 0.25) is 0 Å². The fourth-order valence-corrected chi connectivity index (χ4v) is 3.34. The average Bonchev–Trinajstić information content (AvgIpc) is 2.57. The van der Waals surface area contributed by atoms with Gasteiger partial charge in [-0.15, -0.1) is 0 Å². The van der Waals surface area contributed by atoms with Gasteiger partial charge in [0.05, 0.1) is 0 Å². The Balaban J connectivity index is 1.55. The van der Waals surface area contributed by atoms with Gasteiger partial charge in [-0.05, 0) is 43.0 Å². The smallest absolute Gasteiger partial charge is 0.293 e. The number of aryl methyl sites for hydroxylation is 2. The van der Waals surface area contributed by atoms with Crippen molar-refractivity contribution in [2.24, 2.45) is 7.05 Å². The molecule has 0 unspecified atom stereocenters. The van der Waals surface area contributed by atoms with Crippen LogP contribution in [-0.4, -0.2) is 28.7 Å². The molecule has 3 rings (SSSR count). The molecule has 0 aliphatic carbocycles. The van der Waals surface area contributed by atoms with Crippen molar-refractivity contribution in [3.63, 3.8) is 0 Å². The Kier molecular flexibility index (Phi) is 5.21. The highest BCUT2D eigenvalue weighted by atomic mass is 35.5. The molecule has 0 spiro atoms. The van der Waals surface area contributed by atoms with Gasteiger partial charge in [0.1, 0.15) is 0 Å². The molecule has 1 aliphatic heterocycles. The van der Waals surface area contributed by atoms with Crippen LogP contribution in [0.15, 0.2) is 35.4 Å². The van der Waals surface area contributed by atoms with Crippen LogP contribution in [0.2, 0.25) is 5.02 Å². The molecule has 1 fully saturated rings. The highest BCUT2D eigenvalue weighted by molar-refractivity contribution is 6.30. The summed E-state index contributed by atoms with van der Waals surface area (Å²) in [6.07, 6.45) is 5.39. The van der Waals surface area contributed by atoms with Crippen LogP contribution in [0.1, 0.15) is 24.0 Å². The first-order valence-corrected chi connectivity index (χ1v) is 8.67. The van der Waals surface area contributed by atoms with Crippen molar-refractivity contribution in [1.29, 1.82) is 0 Å². The number of halogens is 1. The number of piperidine rings is 1. The molecule has 0 amide bonds. The van der Waals surface area contributed by atoms with E-state index < -0.39 is 0 Å². The third kappa shape index (κ3) is 3.79. The van der Waals surface area contributed by atoms with Crippen LogP contribution in [0, 0.1) is 6.92 Å². The van der Waals surface area contributed by atoms with Gasteiger partial charge in [0.25, 0.3) is 5.56 Å². The molecule has 5 nitrogen and oxygen atoms in total. The van der Waals surface area contributed by atoms with Crippen molar-refractivity contribution in [3.8, 4) is 0 Å². The van der Waals surface area contributed by atoms with Gasteiger partial charge < -0.3 is 14.8 Å². The van der Waals surface area contributed by atoms with Crippen molar-refractivity contribution >= 4 is 17.4 Å². The maximum atomic E-state index is 12.2. The standard InChI is InChI=1S/C18H23ClN4O/c1-13-11-15(19)4-3-14(13)12-21-16-5-8-23(9-6-16)17-18(24)22(2)10-7-20-17/h3-4,7,10-11,16,21H,5-6,8-9,12H2,1-2H3. The minimum absolute atomic E-state index is 0.0271. The fourth-order valence-electron chi connectivity index (χ4n) is 3.11. The molecule has 24 heavy (non-hydrogen) atoms. The zero-order chi connectivity index (χ0) is 17.1. The van der Waals surface area contributed by atoms with Gasteiger partial charge in [0.15, 0.2) is 5.82 Å². The SMILES string of the molecule is Cc1cc(Cl)ccc1CNC1CCN(c2nccn(C)c2=O)CC1. The summed E-state index contributed by atoms with van der Waals surface area (Å²) in [6.45, 7) is 4.63. The van der Waals surface area contributed by atoms with Crippen molar-refractivity contribution in [2.75, 3.05) is 18.0 Å². The highest BCUT2D eigenvalue weighted by Crippen LogP contribution is 2.17. The first-order valence-electron chi connectivity index (χ1n) is 8.29. The molecular formula is C18H23ClN4O. The molecule has 0 bridgehead atoms. The fraction of sp³-hybridized carbons (Fsp3) is 0.444. The van der Waals surface area contributed by atoms with Crippen LogP contribution in [0.5, 0.6) is 0 Å². The topological polar surface area (TPSA) is 50.2 Å². The van der Waals surface area contributed by atoms with E-state index in [9.17, 15) is 4.79 Å². The zero-order valence-corrected chi connectivity index (χ0v) is 14.9. The average molecular weight is 347 g/mol. The summed E-state index contributed by atoms with van der Waals surface area (Å²) >= 11 is 6.00. The predicted molar refractivity (Wildman–Crippen MR) is 97.7 cm³/mol. The Hall–Kier alpha value is -1.85. The molecule has 2 aromatic rings. The Morgan fingerprint density at radius 3 is 2.79 bits per heavy atom. The van der Waals surface area contributed by atoms with Gasteiger partial charge in [0, 0.05) is 50.1 Å². The third-order valence-corrected chi connectivity index (χ3v) is 4.91. The van der Waals surface area contributed by atoms with E-state index >= 15 is 0 Å². The molecule has 1 N–H and O–H groups in total. The van der Waals surface area contributed by atoms with Crippen LogP contribution < -0.4 is 15.8 Å². The maximum Gasteiger partial charge on any atom is 0.293 e. The molecule has 1 aromatic carbocycles. The summed E-state index contributed by atoms with van der Waals surface area (Å²) < 4.78 is 1.58.